The predicted molar refractivity (Wildman–Crippen MR) is 73.4 cm³/mol. The number of hydrogen-bond donors (Lipinski definition) is 1. The Kier molecular flexibility index (Phi) is 3.43. The quantitative estimate of drug-likeness (QED) is 0.650. The largest absolute Gasteiger partial charge is 0.389 e. The molecule has 1 aromatic rings. The fraction of sp³-hybridized carbons (Fsp3) is 0.308. The Hall–Kier alpha value is -1.75. The molecule has 0 spiro atoms. The van der Waals surface area contributed by atoms with Gasteiger partial charge in [-0.25, -0.2) is 4.90 Å². The van der Waals surface area contributed by atoms with Crippen molar-refractivity contribution in [1.29, 1.82) is 0 Å². The molecule has 0 bridgehead atoms. The minimum absolute atomic E-state index is 0.186. The van der Waals surface area contributed by atoms with Crippen LogP contribution in [0.25, 0.3) is 0 Å². The minimum atomic E-state index is -0.186. The Morgan fingerprint density at radius 3 is 2.44 bits per heavy atom. The van der Waals surface area contributed by atoms with Crippen molar-refractivity contribution in [2.24, 2.45) is 5.73 Å². The molecule has 94 valence electrons. The highest BCUT2D eigenvalue weighted by Crippen LogP contribution is 2.27. The molecule has 2 N–H and O–H groups in total. The summed E-state index contributed by atoms with van der Waals surface area (Å²) < 4.78 is 0. The highest BCUT2D eigenvalue weighted by molar-refractivity contribution is 7.80. The van der Waals surface area contributed by atoms with E-state index in [1.165, 1.54) is 4.90 Å². The van der Waals surface area contributed by atoms with E-state index in [4.69, 9.17) is 18.0 Å². The fourth-order valence-corrected chi connectivity index (χ4v) is 2.45. The van der Waals surface area contributed by atoms with Gasteiger partial charge < -0.3 is 5.73 Å². The van der Waals surface area contributed by atoms with Crippen LogP contribution in [0.1, 0.15) is 30.4 Å². The molecule has 0 aromatic heterocycles. The third-order valence-corrected chi connectivity index (χ3v) is 3.22. The van der Waals surface area contributed by atoms with Gasteiger partial charge in [0.25, 0.3) is 0 Å². The average molecular weight is 262 g/mol. The smallest absolute Gasteiger partial charge is 0.233 e. The summed E-state index contributed by atoms with van der Waals surface area (Å²) in [6.45, 7) is 1.86. The standard InChI is InChI=1S/C13H14N2O2S/c1-8-4-2-5-9(12(8)13(14)18)15-10(16)6-3-7-11(15)17/h2,4-5H,3,6-7H2,1H3,(H2,14,18). The number of rotatable bonds is 2. The number of anilines is 1. The SMILES string of the molecule is Cc1cccc(N2C(=O)CCCC2=O)c1C(N)=S. The number of carbonyl (C=O) groups excluding carboxylic acids is 2. The molecule has 1 fully saturated rings. The maximum atomic E-state index is 11.9. The monoisotopic (exact) mass is 262 g/mol. The van der Waals surface area contributed by atoms with Crippen LogP contribution in [0.15, 0.2) is 18.2 Å². The van der Waals surface area contributed by atoms with Gasteiger partial charge in [0, 0.05) is 18.4 Å². The number of imide groups is 1. The molecule has 5 heteroatoms. The Labute approximate surface area is 111 Å². The van der Waals surface area contributed by atoms with Gasteiger partial charge in [0.1, 0.15) is 4.99 Å². The molecular weight excluding hydrogens is 248 g/mol. The molecular formula is C13H14N2O2S. The van der Waals surface area contributed by atoms with Crippen LogP contribution in [0.2, 0.25) is 0 Å². The summed E-state index contributed by atoms with van der Waals surface area (Å²) >= 11 is 5.01. The molecule has 0 unspecified atom stereocenters. The second-order valence-electron chi connectivity index (χ2n) is 4.31. The summed E-state index contributed by atoms with van der Waals surface area (Å²) in [4.78, 5) is 25.2. The lowest BCUT2D eigenvalue weighted by atomic mass is 10.0. The van der Waals surface area contributed by atoms with Crippen molar-refractivity contribution in [2.45, 2.75) is 26.2 Å². The Morgan fingerprint density at radius 1 is 1.28 bits per heavy atom. The van der Waals surface area contributed by atoms with Crippen molar-refractivity contribution in [3.8, 4) is 0 Å². The molecule has 1 aliphatic rings. The summed E-state index contributed by atoms with van der Waals surface area (Å²) in [5, 5.41) is 0. The molecule has 0 aliphatic carbocycles. The first kappa shape index (κ1) is 12.7. The summed E-state index contributed by atoms with van der Waals surface area (Å²) in [6.07, 6.45) is 1.38. The van der Waals surface area contributed by atoms with Gasteiger partial charge >= 0.3 is 0 Å². The van der Waals surface area contributed by atoms with Crippen LogP contribution in [0, 0.1) is 6.92 Å². The van der Waals surface area contributed by atoms with Crippen LogP contribution in [0.5, 0.6) is 0 Å². The number of nitrogens with two attached hydrogens (primary N) is 1. The number of aryl methyl sites for hydroxylation is 1. The maximum Gasteiger partial charge on any atom is 0.233 e. The van der Waals surface area contributed by atoms with Gasteiger partial charge in [0.05, 0.1) is 5.69 Å². The molecule has 1 aliphatic heterocycles. The van der Waals surface area contributed by atoms with Crippen LogP contribution >= 0.6 is 12.2 Å². The molecule has 0 radical (unpaired) electrons. The van der Waals surface area contributed by atoms with Crippen molar-refractivity contribution in [2.75, 3.05) is 4.90 Å². The first-order valence-corrected chi connectivity index (χ1v) is 6.18. The molecule has 18 heavy (non-hydrogen) atoms. The van der Waals surface area contributed by atoms with E-state index in [1.807, 2.05) is 13.0 Å². The molecule has 1 saturated heterocycles. The lowest BCUT2D eigenvalue weighted by Gasteiger charge is -2.27. The summed E-state index contributed by atoms with van der Waals surface area (Å²) in [6, 6.07) is 5.36. The first-order valence-electron chi connectivity index (χ1n) is 5.77. The van der Waals surface area contributed by atoms with E-state index >= 15 is 0 Å². The third-order valence-electron chi connectivity index (χ3n) is 3.02. The van der Waals surface area contributed by atoms with E-state index < -0.39 is 0 Å². The lowest BCUT2D eigenvalue weighted by molar-refractivity contribution is -0.129. The van der Waals surface area contributed by atoms with Gasteiger partial charge in [-0.2, -0.15) is 0 Å². The number of carbonyl (C=O) groups is 2. The summed E-state index contributed by atoms with van der Waals surface area (Å²) in [5.74, 6) is -0.372. The average Bonchev–Trinajstić information content (AvgIpc) is 2.28. The van der Waals surface area contributed by atoms with Gasteiger partial charge in [-0.3, -0.25) is 9.59 Å². The lowest BCUT2D eigenvalue weighted by Crippen LogP contribution is -2.41. The normalized spacial score (nSPS) is 15.9. The zero-order chi connectivity index (χ0) is 13.3. The van der Waals surface area contributed by atoms with Crippen molar-refractivity contribution in [3.63, 3.8) is 0 Å². The summed E-state index contributed by atoms with van der Waals surface area (Å²) in [5.41, 5.74) is 7.68. The predicted octanol–water partition coefficient (Wildman–Crippen LogP) is 1.67. The van der Waals surface area contributed by atoms with E-state index in [1.54, 1.807) is 12.1 Å². The zero-order valence-electron chi connectivity index (χ0n) is 10.1. The molecule has 0 atom stereocenters. The second-order valence-corrected chi connectivity index (χ2v) is 4.75. The van der Waals surface area contributed by atoms with Crippen molar-refractivity contribution >= 4 is 34.7 Å². The fourth-order valence-electron chi connectivity index (χ4n) is 2.18. The molecule has 2 amide bonds. The van der Waals surface area contributed by atoms with Crippen LogP contribution in [-0.4, -0.2) is 16.8 Å². The van der Waals surface area contributed by atoms with E-state index in [-0.39, 0.29) is 16.8 Å². The number of amides is 2. The highest BCUT2D eigenvalue weighted by atomic mass is 32.1. The number of benzene rings is 1. The topological polar surface area (TPSA) is 63.4 Å². The van der Waals surface area contributed by atoms with E-state index in [9.17, 15) is 9.59 Å². The molecule has 0 saturated carbocycles. The third kappa shape index (κ3) is 2.13. The van der Waals surface area contributed by atoms with Gasteiger partial charge in [0.2, 0.25) is 11.8 Å². The molecule has 1 heterocycles. The molecule has 4 nitrogen and oxygen atoms in total. The van der Waals surface area contributed by atoms with Crippen LogP contribution in [0.3, 0.4) is 0 Å². The molecule has 2 rings (SSSR count). The zero-order valence-corrected chi connectivity index (χ0v) is 10.9. The van der Waals surface area contributed by atoms with Gasteiger partial charge in [0.15, 0.2) is 0 Å². The number of thiocarbonyl (C=S) groups is 1. The van der Waals surface area contributed by atoms with Crippen molar-refractivity contribution < 1.29 is 9.59 Å². The number of hydrogen-bond acceptors (Lipinski definition) is 3. The highest BCUT2D eigenvalue weighted by Gasteiger charge is 2.29. The van der Waals surface area contributed by atoms with E-state index in [0.29, 0.717) is 30.5 Å². The number of piperidine rings is 1. The van der Waals surface area contributed by atoms with Crippen LogP contribution < -0.4 is 10.6 Å². The van der Waals surface area contributed by atoms with Gasteiger partial charge in [-0.1, -0.05) is 24.4 Å². The first-order chi connectivity index (χ1) is 8.52. The van der Waals surface area contributed by atoms with E-state index in [0.717, 1.165) is 5.56 Å². The van der Waals surface area contributed by atoms with E-state index in [2.05, 4.69) is 0 Å². The Bertz CT molecular complexity index is 524. The Morgan fingerprint density at radius 2 is 1.89 bits per heavy atom. The van der Waals surface area contributed by atoms with Gasteiger partial charge in [-0.15, -0.1) is 0 Å². The maximum absolute atomic E-state index is 11.9. The summed E-state index contributed by atoms with van der Waals surface area (Å²) in [7, 11) is 0. The number of nitrogens with zero attached hydrogens (tertiary/aromatic N) is 1. The van der Waals surface area contributed by atoms with Crippen LogP contribution in [0.4, 0.5) is 5.69 Å². The molecule has 1 aromatic carbocycles. The second kappa shape index (κ2) is 4.86. The van der Waals surface area contributed by atoms with Crippen molar-refractivity contribution in [3.05, 3.63) is 29.3 Å². The van der Waals surface area contributed by atoms with Crippen molar-refractivity contribution in [1.82, 2.24) is 0 Å². The Balaban J connectivity index is 2.56. The van der Waals surface area contributed by atoms with Crippen LogP contribution in [-0.2, 0) is 9.59 Å². The van der Waals surface area contributed by atoms with Gasteiger partial charge in [-0.05, 0) is 25.0 Å². The minimum Gasteiger partial charge on any atom is -0.389 e.